The van der Waals surface area contributed by atoms with Gasteiger partial charge in [-0.1, -0.05) is 6.07 Å². The van der Waals surface area contributed by atoms with Crippen LogP contribution in [0.15, 0.2) is 18.2 Å². The Morgan fingerprint density at radius 1 is 1.17 bits per heavy atom. The summed E-state index contributed by atoms with van der Waals surface area (Å²) in [5.74, 6) is 1.48. The summed E-state index contributed by atoms with van der Waals surface area (Å²) in [6, 6.07) is 6.70. The molecule has 1 aliphatic heterocycles. The predicted molar refractivity (Wildman–Crippen MR) is 91.3 cm³/mol. The molecule has 23 heavy (non-hydrogen) atoms. The first-order chi connectivity index (χ1) is 11.1. The number of nitrogens with zero attached hydrogens (tertiary/aromatic N) is 1. The number of hydrogen-bond donors (Lipinski definition) is 1. The van der Waals surface area contributed by atoms with Crippen molar-refractivity contribution in [3.8, 4) is 11.5 Å². The molecule has 1 heterocycles. The molecule has 0 radical (unpaired) electrons. The van der Waals surface area contributed by atoms with E-state index in [0.29, 0.717) is 18.6 Å². The Labute approximate surface area is 139 Å². The molecule has 1 saturated heterocycles. The van der Waals surface area contributed by atoms with Crippen molar-refractivity contribution in [3.05, 3.63) is 23.8 Å². The molecular weight excluding hydrogens is 292 g/mol. The number of urea groups is 1. The van der Waals surface area contributed by atoms with Crippen molar-refractivity contribution in [2.75, 3.05) is 20.8 Å². The fourth-order valence-corrected chi connectivity index (χ4v) is 3.21. The van der Waals surface area contributed by atoms with Crippen molar-refractivity contribution in [1.82, 2.24) is 10.2 Å². The maximum atomic E-state index is 12.2. The average Bonchev–Trinajstić information content (AvgIpc) is 2.89. The van der Waals surface area contributed by atoms with Gasteiger partial charge in [-0.25, -0.2) is 4.79 Å². The molecule has 1 aromatic rings. The summed E-state index contributed by atoms with van der Waals surface area (Å²) in [5.41, 5.74) is 1.18. The van der Waals surface area contributed by atoms with Gasteiger partial charge in [-0.05, 0) is 57.2 Å². The number of nitrogens with one attached hydrogen (secondary N) is 1. The summed E-state index contributed by atoms with van der Waals surface area (Å²) in [6.07, 6.45) is 3.99. The molecule has 0 saturated carbocycles. The molecule has 128 valence electrons. The van der Waals surface area contributed by atoms with Crippen LogP contribution in [0.1, 0.15) is 38.7 Å². The quantitative estimate of drug-likeness (QED) is 0.819. The third-order valence-electron chi connectivity index (χ3n) is 4.55. The van der Waals surface area contributed by atoms with Gasteiger partial charge in [0.25, 0.3) is 0 Å². The molecule has 5 nitrogen and oxygen atoms in total. The summed E-state index contributed by atoms with van der Waals surface area (Å²) in [4.78, 5) is 14.2. The van der Waals surface area contributed by atoms with Crippen LogP contribution in [0.2, 0.25) is 0 Å². The van der Waals surface area contributed by atoms with E-state index in [1.54, 1.807) is 14.2 Å². The van der Waals surface area contributed by atoms with Gasteiger partial charge >= 0.3 is 6.03 Å². The topological polar surface area (TPSA) is 50.8 Å². The lowest BCUT2D eigenvalue weighted by molar-refractivity contribution is 0.180. The lowest BCUT2D eigenvalue weighted by Crippen LogP contribution is -2.45. The fraction of sp³-hybridized carbons (Fsp3) is 0.611. The monoisotopic (exact) mass is 320 g/mol. The lowest BCUT2D eigenvalue weighted by Gasteiger charge is -2.26. The minimum absolute atomic E-state index is 0.0646. The summed E-state index contributed by atoms with van der Waals surface area (Å²) in [7, 11) is 3.27. The van der Waals surface area contributed by atoms with Gasteiger partial charge in [-0.15, -0.1) is 0 Å². The molecule has 2 amide bonds. The van der Waals surface area contributed by atoms with Crippen LogP contribution in [0.5, 0.6) is 11.5 Å². The maximum absolute atomic E-state index is 12.2. The number of carbonyl (C=O) groups excluding carboxylic acids is 1. The highest BCUT2D eigenvalue weighted by Gasteiger charge is 2.30. The highest BCUT2D eigenvalue weighted by Crippen LogP contribution is 2.28. The highest BCUT2D eigenvalue weighted by atomic mass is 16.5. The number of benzene rings is 1. The third-order valence-corrected chi connectivity index (χ3v) is 4.55. The minimum Gasteiger partial charge on any atom is -0.493 e. The molecule has 1 aromatic carbocycles. The number of hydrogen-bond acceptors (Lipinski definition) is 3. The van der Waals surface area contributed by atoms with E-state index in [4.69, 9.17) is 9.47 Å². The van der Waals surface area contributed by atoms with Crippen LogP contribution in [0.25, 0.3) is 0 Å². The molecule has 2 rings (SSSR count). The number of likely N-dealkylation sites (tertiary alicyclic amines) is 1. The first-order valence-corrected chi connectivity index (χ1v) is 8.34. The number of amides is 2. The Morgan fingerprint density at radius 3 is 2.43 bits per heavy atom. The molecular formula is C18H28N2O3. The van der Waals surface area contributed by atoms with Crippen LogP contribution in [0, 0.1) is 0 Å². The molecule has 1 aliphatic rings. The molecule has 1 N–H and O–H groups in total. The zero-order valence-corrected chi connectivity index (χ0v) is 14.6. The van der Waals surface area contributed by atoms with Crippen LogP contribution in [-0.4, -0.2) is 43.8 Å². The van der Waals surface area contributed by atoms with Crippen molar-refractivity contribution in [3.63, 3.8) is 0 Å². The molecule has 0 spiro atoms. The molecule has 5 heteroatoms. The Morgan fingerprint density at radius 2 is 1.83 bits per heavy atom. The van der Waals surface area contributed by atoms with Gasteiger partial charge in [0.05, 0.1) is 14.2 Å². The standard InChI is InChI=1S/C18H28N2O3/c1-13-7-8-14(2)20(13)18(21)19-11-5-6-15-9-10-16(22-3)17(12-15)23-4/h9-10,12-14H,5-8,11H2,1-4H3,(H,19,21). The molecule has 0 bridgehead atoms. The number of rotatable bonds is 6. The first-order valence-electron chi connectivity index (χ1n) is 8.34. The normalized spacial score (nSPS) is 20.4. The van der Waals surface area contributed by atoms with Gasteiger partial charge in [-0.2, -0.15) is 0 Å². The van der Waals surface area contributed by atoms with E-state index in [0.717, 1.165) is 37.2 Å². The Balaban J connectivity index is 1.78. The SMILES string of the molecule is COc1ccc(CCCNC(=O)N2C(C)CCC2C)cc1OC. The highest BCUT2D eigenvalue weighted by molar-refractivity contribution is 5.75. The van der Waals surface area contributed by atoms with E-state index >= 15 is 0 Å². The first kappa shape index (κ1) is 17.4. The zero-order valence-electron chi connectivity index (χ0n) is 14.6. The molecule has 0 aliphatic carbocycles. The second-order valence-corrected chi connectivity index (χ2v) is 6.21. The lowest BCUT2D eigenvalue weighted by atomic mass is 10.1. The van der Waals surface area contributed by atoms with Crippen LogP contribution < -0.4 is 14.8 Å². The summed E-state index contributed by atoms with van der Waals surface area (Å²) in [6.45, 7) is 4.92. The Hall–Kier alpha value is -1.91. The largest absolute Gasteiger partial charge is 0.493 e. The van der Waals surface area contributed by atoms with Gasteiger partial charge in [0.15, 0.2) is 11.5 Å². The molecule has 2 atom stereocenters. The van der Waals surface area contributed by atoms with Crippen LogP contribution in [-0.2, 0) is 6.42 Å². The summed E-state index contributed by atoms with van der Waals surface area (Å²) in [5, 5.41) is 3.04. The maximum Gasteiger partial charge on any atom is 0.317 e. The predicted octanol–water partition coefficient (Wildman–Crippen LogP) is 3.22. The van der Waals surface area contributed by atoms with Gasteiger partial charge in [-0.3, -0.25) is 0 Å². The van der Waals surface area contributed by atoms with E-state index in [1.165, 1.54) is 5.56 Å². The van der Waals surface area contributed by atoms with Gasteiger partial charge in [0, 0.05) is 18.6 Å². The van der Waals surface area contributed by atoms with Crippen LogP contribution in [0.3, 0.4) is 0 Å². The summed E-state index contributed by atoms with van der Waals surface area (Å²) < 4.78 is 10.5. The molecule has 2 unspecified atom stereocenters. The molecule has 0 aromatic heterocycles. The Kier molecular flexibility index (Phi) is 6.13. The van der Waals surface area contributed by atoms with Crippen molar-refractivity contribution in [2.24, 2.45) is 0 Å². The molecule has 1 fully saturated rings. The number of ether oxygens (including phenoxy) is 2. The van der Waals surface area contributed by atoms with Crippen molar-refractivity contribution in [1.29, 1.82) is 0 Å². The van der Waals surface area contributed by atoms with E-state index in [2.05, 4.69) is 19.2 Å². The van der Waals surface area contributed by atoms with E-state index in [9.17, 15) is 4.79 Å². The van der Waals surface area contributed by atoms with Crippen LogP contribution >= 0.6 is 0 Å². The van der Waals surface area contributed by atoms with Crippen molar-refractivity contribution in [2.45, 2.75) is 51.6 Å². The number of methoxy groups -OCH3 is 2. The van der Waals surface area contributed by atoms with Crippen molar-refractivity contribution >= 4 is 6.03 Å². The van der Waals surface area contributed by atoms with Gasteiger partial charge < -0.3 is 19.7 Å². The zero-order chi connectivity index (χ0) is 16.8. The fourth-order valence-electron chi connectivity index (χ4n) is 3.21. The van der Waals surface area contributed by atoms with E-state index < -0.39 is 0 Å². The van der Waals surface area contributed by atoms with E-state index in [1.807, 2.05) is 23.1 Å². The smallest absolute Gasteiger partial charge is 0.317 e. The number of carbonyl (C=O) groups is 1. The van der Waals surface area contributed by atoms with Gasteiger partial charge in [0.2, 0.25) is 0 Å². The number of aryl methyl sites for hydroxylation is 1. The minimum atomic E-state index is 0.0646. The summed E-state index contributed by atoms with van der Waals surface area (Å²) >= 11 is 0. The van der Waals surface area contributed by atoms with E-state index in [-0.39, 0.29) is 6.03 Å². The second-order valence-electron chi connectivity index (χ2n) is 6.21. The van der Waals surface area contributed by atoms with Crippen LogP contribution in [0.4, 0.5) is 4.79 Å². The Bertz CT molecular complexity index is 523. The van der Waals surface area contributed by atoms with Crippen molar-refractivity contribution < 1.29 is 14.3 Å². The van der Waals surface area contributed by atoms with Gasteiger partial charge in [0.1, 0.15) is 0 Å². The second kappa shape index (κ2) is 8.09. The third kappa shape index (κ3) is 4.30. The average molecular weight is 320 g/mol.